The third-order valence-corrected chi connectivity index (χ3v) is 3.37. The molecule has 0 aliphatic rings. The molecule has 0 fully saturated rings. The zero-order chi connectivity index (χ0) is 12.8. The second kappa shape index (κ2) is 6.57. The van der Waals surface area contributed by atoms with E-state index in [9.17, 15) is 4.79 Å². The van der Waals surface area contributed by atoms with Gasteiger partial charge in [0.15, 0.2) is 0 Å². The third kappa shape index (κ3) is 3.98. The predicted octanol–water partition coefficient (Wildman–Crippen LogP) is 2.96. The standard InChI is InChI=1S/C12H14ClNO2S/c1-14(2)12(15)11(8-13)17-10-6-4-9(16-3)5-7-10/h4-8H,1-3H3/b11-8-. The number of likely N-dealkylation sites (N-methyl/N-ethyl adjacent to an activating group) is 1. The van der Waals surface area contributed by atoms with Crippen LogP contribution in [-0.4, -0.2) is 32.0 Å². The van der Waals surface area contributed by atoms with Crippen molar-refractivity contribution < 1.29 is 9.53 Å². The Balaban J connectivity index is 2.78. The number of ether oxygens (including phenoxy) is 1. The number of carbonyl (C=O) groups excluding carboxylic acids is 1. The van der Waals surface area contributed by atoms with Gasteiger partial charge in [-0.2, -0.15) is 0 Å². The van der Waals surface area contributed by atoms with Crippen LogP contribution in [0.2, 0.25) is 0 Å². The van der Waals surface area contributed by atoms with Gasteiger partial charge in [0.2, 0.25) is 0 Å². The van der Waals surface area contributed by atoms with Crippen molar-refractivity contribution in [3.8, 4) is 5.75 Å². The summed E-state index contributed by atoms with van der Waals surface area (Å²) in [5, 5.41) is 0. The molecule has 0 saturated carbocycles. The zero-order valence-electron chi connectivity index (χ0n) is 9.94. The average Bonchev–Trinajstić information content (AvgIpc) is 2.35. The van der Waals surface area contributed by atoms with Gasteiger partial charge in [-0.15, -0.1) is 0 Å². The Labute approximate surface area is 110 Å². The zero-order valence-corrected chi connectivity index (χ0v) is 11.5. The minimum Gasteiger partial charge on any atom is -0.497 e. The van der Waals surface area contributed by atoms with E-state index >= 15 is 0 Å². The molecule has 0 saturated heterocycles. The summed E-state index contributed by atoms with van der Waals surface area (Å²) in [4.78, 5) is 14.6. The normalized spacial score (nSPS) is 11.2. The quantitative estimate of drug-likeness (QED) is 0.623. The maximum Gasteiger partial charge on any atom is 0.261 e. The molecule has 1 aromatic rings. The van der Waals surface area contributed by atoms with Crippen LogP contribution < -0.4 is 4.74 Å². The summed E-state index contributed by atoms with van der Waals surface area (Å²) in [5.74, 6) is 0.672. The Bertz CT molecular complexity index is 415. The lowest BCUT2D eigenvalue weighted by molar-refractivity contribution is -0.123. The number of methoxy groups -OCH3 is 1. The van der Waals surface area contributed by atoms with E-state index in [-0.39, 0.29) is 5.91 Å². The van der Waals surface area contributed by atoms with Gasteiger partial charge in [-0.1, -0.05) is 23.4 Å². The lowest BCUT2D eigenvalue weighted by atomic mass is 10.3. The smallest absolute Gasteiger partial charge is 0.261 e. The number of rotatable bonds is 4. The number of halogens is 1. The van der Waals surface area contributed by atoms with E-state index in [0.29, 0.717) is 4.91 Å². The Morgan fingerprint density at radius 3 is 2.35 bits per heavy atom. The molecule has 17 heavy (non-hydrogen) atoms. The van der Waals surface area contributed by atoms with Crippen LogP contribution in [0.4, 0.5) is 0 Å². The molecule has 92 valence electrons. The van der Waals surface area contributed by atoms with Crippen molar-refractivity contribution in [1.29, 1.82) is 0 Å². The first-order chi connectivity index (χ1) is 8.08. The van der Waals surface area contributed by atoms with Crippen LogP contribution in [0.5, 0.6) is 5.75 Å². The maximum atomic E-state index is 11.7. The van der Waals surface area contributed by atoms with Crippen LogP contribution >= 0.6 is 23.4 Å². The number of benzene rings is 1. The van der Waals surface area contributed by atoms with E-state index in [2.05, 4.69) is 0 Å². The molecular formula is C12H14ClNO2S. The molecule has 1 rings (SSSR count). The van der Waals surface area contributed by atoms with Gasteiger partial charge < -0.3 is 9.64 Å². The average molecular weight is 272 g/mol. The van der Waals surface area contributed by atoms with Crippen LogP contribution in [0, 0.1) is 0 Å². The van der Waals surface area contributed by atoms with Gasteiger partial charge in [0, 0.05) is 24.5 Å². The Hall–Kier alpha value is -1.13. The number of thioether (sulfide) groups is 1. The second-order valence-corrected chi connectivity index (χ2v) is 4.78. The van der Waals surface area contributed by atoms with Gasteiger partial charge in [-0.3, -0.25) is 4.79 Å². The van der Waals surface area contributed by atoms with Crippen molar-refractivity contribution in [2.75, 3.05) is 21.2 Å². The highest BCUT2D eigenvalue weighted by atomic mass is 35.5. The van der Waals surface area contributed by atoms with Crippen molar-refractivity contribution in [3.05, 3.63) is 34.7 Å². The molecule has 0 bridgehead atoms. The van der Waals surface area contributed by atoms with E-state index in [0.717, 1.165) is 10.6 Å². The lowest BCUT2D eigenvalue weighted by Gasteiger charge is -2.12. The summed E-state index contributed by atoms with van der Waals surface area (Å²) in [6.45, 7) is 0. The van der Waals surface area contributed by atoms with Crippen molar-refractivity contribution >= 4 is 29.3 Å². The van der Waals surface area contributed by atoms with Crippen LogP contribution in [-0.2, 0) is 4.79 Å². The number of carbonyl (C=O) groups is 1. The first kappa shape index (κ1) is 13.9. The van der Waals surface area contributed by atoms with Gasteiger partial charge in [-0.05, 0) is 24.3 Å². The first-order valence-electron chi connectivity index (χ1n) is 4.92. The Morgan fingerprint density at radius 2 is 1.94 bits per heavy atom. The van der Waals surface area contributed by atoms with Crippen LogP contribution in [0.1, 0.15) is 0 Å². The van der Waals surface area contributed by atoms with E-state index in [4.69, 9.17) is 16.3 Å². The fourth-order valence-electron chi connectivity index (χ4n) is 1.10. The van der Waals surface area contributed by atoms with Gasteiger partial charge in [0.25, 0.3) is 5.91 Å². The molecule has 0 aliphatic carbocycles. The SMILES string of the molecule is COc1ccc(S/C(=C\Cl)C(=O)N(C)C)cc1. The van der Waals surface area contributed by atoms with Gasteiger partial charge in [0.1, 0.15) is 5.75 Å². The molecule has 0 spiro atoms. The molecule has 1 aromatic carbocycles. The van der Waals surface area contributed by atoms with Gasteiger partial charge >= 0.3 is 0 Å². The summed E-state index contributed by atoms with van der Waals surface area (Å²) < 4.78 is 5.06. The van der Waals surface area contributed by atoms with Gasteiger partial charge in [0.05, 0.1) is 12.0 Å². The number of nitrogens with zero attached hydrogens (tertiary/aromatic N) is 1. The summed E-state index contributed by atoms with van der Waals surface area (Å²) >= 11 is 6.99. The first-order valence-corrected chi connectivity index (χ1v) is 6.17. The van der Waals surface area contributed by atoms with Crippen molar-refractivity contribution in [2.45, 2.75) is 4.90 Å². The molecule has 1 amide bonds. The van der Waals surface area contributed by atoms with Crippen molar-refractivity contribution in [1.82, 2.24) is 4.90 Å². The molecule has 5 heteroatoms. The topological polar surface area (TPSA) is 29.5 Å². The molecule has 0 atom stereocenters. The van der Waals surface area contributed by atoms with Crippen LogP contribution in [0.15, 0.2) is 39.6 Å². The largest absolute Gasteiger partial charge is 0.497 e. The fraction of sp³-hybridized carbons (Fsp3) is 0.250. The Kier molecular flexibility index (Phi) is 5.38. The van der Waals surface area contributed by atoms with E-state index in [1.54, 1.807) is 21.2 Å². The highest BCUT2D eigenvalue weighted by molar-refractivity contribution is 8.04. The van der Waals surface area contributed by atoms with E-state index in [1.165, 1.54) is 22.2 Å². The molecular weight excluding hydrogens is 258 g/mol. The molecule has 0 N–H and O–H groups in total. The number of amides is 1. The summed E-state index contributed by atoms with van der Waals surface area (Å²) in [6.07, 6.45) is 0. The number of hydrogen-bond acceptors (Lipinski definition) is 3. The number of hydrogen-bond donors (Lipinski definition) is 0. The molecule has 3 nitrogen and oxygen atoms in total. The highest BCUT2D eigenvalue weighted by Gasteiger charge is 2.12. The van der Waals surface area contributed by atoms with E-state index in [1.807, 2.05) is 24.3 Å². The Morgan fingerprint density at radius 1 is 1.35 bits per heavy atom. The summed E-state index contributed by atoms with van der Waals surface area (Å²) in [7, 11) is 5.00. The predicted molar refractivity (Wildman–Crippen MR) is 71.5 cm³/mol. The minimum atomic E-state index is -0.110. The minimum absolute atomic E-state index is 0.110. The summed E-state index contributed by atoms with van der Waals surface area (Å²) in [6, 6.07) is 7.45. The molecule has 0 unspecified atom stereocenters. The maximum absolute atomic E-state index is 11.7. The molecule has 0 heterocycles. The second-order valence-electron chi connectivity index (χ2n) is 3.45. The van der Waals surface area contributed by atoms with E-state index < -0.39 is 0 Å². The van der Waals surface area contributed by atoms with Crippen molar-refractivity contribution in [3.63, 3.8) is 0 Å². The van der Waals surface area contributed by atoms with Crippen LogP contribution in [0.25, 0.3) is 0 Å². The van der Waals surface area contributed by atoms with Gasteiger partial charge in [-0.25, -0.2) is 0 Å². The lowest BCUT2D eigenvalue weighted by Crippen LogP contribution is -2.22. The third-order valence-electron chi connectivity index (χ3n) is 2.00. The molecule has 0 aliphatic heterocycles. The van der Waals surface area contributed by atoms with Crippen LogP contribution in [0.3, 0.4) is 0 Å². The monoisotopic (exact) mass is 271 g/mol. The molecule has 0 aromatic heterocycles. The summed E-state index contributed by atoms with van der Waals surface area (Å²) in [5.41, 5.74) is 1.30. The molecule has 0 radical (unpaired) electrons. The fourth-order valence-corrected chi connectivity index (χ4v) is 2.17. The highest BCUT2D eigenvalue weighted by Crippen LogP contribution is 2.29. The van der Waals surface area contributed by atoms with Crippen molar-refractivity contribution in [2.24, 2.45) is 0 Å².